The predicted molar refractivity (Wildman–Crippen MR) is 156 cm³/mol. The van der Waals surface area contributed by atoms with Crippen molar-refractivity contribution in [3.63, 3.8) is 0 Å². The van der Waals surface area contributed by atoms with E-state index in [0.717, 1.165) is 77.8 Å². The molecule has 4 aliphatic rings. The summed E-state index contributed by atoms with van der Waals surface area (Å²) in [6, 6.07) is 2.98. The van der Waals surface area contributed by atoms with E-state index in [1.54, 1.807) is 13.2 Å². The molecular formula is C29H49ClN4O5. The van der Waals surface area contributed by atoms with Gasteiger partial charge in [0, 0.05) is 39.2 Å². The van der Waals surface area contributed by atoms with Gasteiger partial charge in [0.1, 0.15) is 11.9 Å². The molecule has 0 spiro atoms. The topological polar surface area (TPSA) is 106 Å². The first-order valence-corrected chi connectivity index (χ1v) is 13.9. The van der Waals surface area contributed by atoms with Crippen LogP contribution in [-0.2, 0) is 14.3 Å². The van der Waals surface area contributed by atoms with Gasteiger partial charge in [-0.3, -0.25) is 14.5 Å². The molecule has 1 amide bonds. The maximum Gasteiger partial charge on any atom is 0.306 e. The van der Waals surface area contributed by atoms with Crippen LogP contribution < -0.4 is 15.8 Å². The van der Waals surface area contributed by atoms with Gasteiger partial charge in [0.25, 0.3) is 5.91 Å². The molecular weight excluding hydrogens is 520 g/mol. The van der Waals surface area contributed by atoms with Crippen molar-refractivity contribution in [2.24, 2.45) is 5.92 Å². The van der Waals surface area contributed by atoms with Crippen LogP contribution >= 0.6 is 11.6 Å². The highest BCUT2D eigenvalue weighted by Crippen LogP contribution is 2.30. The summed E-state index contributed by atoms with van der Waals surface area (Å²) < 4.78 is 16.8. The molecule has 9 nitrogen and oxygen atoms in total. The molecule has 5 rings (SSSR count). The van der Waals surface area contributed by atoms with Crippen molar-refractivity contribution in [2.45, 2.75) is 78.0 Å². The number of anilines is 1. The highest BCUT2D eigenvalue weighted by Gasteiger charge is 2.36. The first kappa shape index (κ1) is 33.1. The number of esters is 1. The summed E-state index contributed by atoms with van der Waals surface area (Å²) in [4.78, 5) is 30.0. The summed E-state index contributed by atoms with van der Waals surface area (Å²) in [5, 5.41) is 3.40. The molecule has 0 aliphatic carbocycles. The number of piperidine rings is 4. The largest absolute Gasteiger partial charge is 0.496 e. The Hall–Kier alpha value is -2.07. The Labute approximate surface area is 239 Å². The van der Waals surface area contributed by atoms with E-state index in [-0.39, 0.29) is 45.0 Å². The van der Waals surface area contributed by atoms with Crippen LogP contribution in [0.5, 0.6) is 5.75 Å². The van der Waals surface area contributed by atoms with E-state index >= 15 is 0 Å². The molecule has 3 N–H and O–H groups in total. The fraction of sp³-hybridized carbons (Fsp3) is 0.724. The van der Waals surface area contributed by atoms with E-state index in [9.17, 15) is 9.59 Å². The minimum absolute atomic E-state index is 0. The fourth-order valence-electron chi connectivity index (χ4n) is 5.80. The Morgan fingerprint density at radius 2 is 1.77 bits per heavy atom. The number of carbonyl (C=O) groups is 2. The van der Waals surface area contributed by atoms with Crippen LogP contribution in [0.15, 0.2) is 12.1 Å². The van der Waals surface area contributed by atoms with Gasteiger partial charge in [-0.1, -0.05) is 32.9 Å². The Morgan fingerprint density at radius 1 is 1.03 bits per heavy atom. The number of nitrogens with two attached hydrogens (primary N) is 1. The van der Waals surface area contributed by atoms with Crippen LogP contribution in [-0.4, -0.2) is 93.4 Å². The van der Waals surface area contributed by atoms with Gasteiger partial charge < -0.3 is 30.2 Å². The summed E-state index contributed by atoms with van der Waals surface area (Å²) in [5.41, 5.74) is 6.56. The number of carbonyl (C=O) groups excluding carboxylic acids is 2. The number of halogens is 1. The summed E-state index contributed by atoms with van der Waals surface area (Å²) in [6.45, 7) is 5.76. The van der Waals surface area contributed by atoms with Gasteiger partial charge in [0.15, 0.2) is 0 Å². The molecule has 0 saturated carbocycles. The van der Waals surface area contributed by atoms with E-state index < -0.39 is 0 Å². The number of amides is 1. The van der Waals surface area contributed by atoms with E-state index in [1.807, 2.05) is 0 Å². The molecule has 0 aromatic heterocycles. The number of unbranched alkanes of at least 4 members (excludes halogenated alkanes) is 2. The molecule has 39 heavy (non-hydrogen) atoms. The quantitative estimate of drug-likeness (QED) is 0.232. The number of hydrogen-bond donors (Lipinski definition) is 2. The number of nitrogens with zero attached hydrogens (tertiary/aromatic N) is 2. The molecule has 0 radical (unpaired) electrons. The molecule has 1 aromatic carbocycles. The summed E-state index contributed by atoms with van der Waals surface area (Å²) >= 11 is 6.13. The zero-order valence-corrected chi connectivity index (χ0v) is 22.8. The SMILES string of the molecule is C.C.COc1cc(N)c(Cl)cc1C(=O)NC1CCN(CCCCCC(=O)OC2CN3CCC2CC3)C[C@@H]1OC. The zero-order chi connectivity index (χ0) is 26.4. The van der Waals surface area contributed by atoms with Gasteiger partial charge in [-0.2, -0.15) is 0 Å². The molecule has 2 unspecified atom stereocenters. The maximum atomic E-state index is 13.0. The number of fused-ring (bicyclic) bond motifs is 3. The van der Waals surface area contributed by atoms with Gasteiger partial charge in [-0.05, 0) is 63.7 Å². The highest BCUT2D eigenvalue weighted by atomic mass is 35.5. The van der Waals surface area contributed by atoms with Crippen LogP contribution in [0.3, 0.4) is 0 Å². The summed E-state index contributed by atoms with van der Waals surface area (Å²) in [7, 11) is 3.17. The Balaban J connectivity index is 0.00000267. The van der Waals surface area contributed by atoms with Gasteiger partial charge in [-0.25, -0.2) is 0 Å². The number of benzene rings is 1. The van der Waals surface area contributed by atoms with Crippen molar-refractivity contribution in [3.8, 4) is 5.75 Å². The Kier molecular flexibility index (Phi) is 13.3. The highest BCUT2D eigenvalue weighted by molar-refractivity contribution is 6.33. The van der Waals surface area contributed by atoms with Crippen molar-refractivity contribution < 1.29 is 23.8 Å². The number of likely N-dealkylation sites (tertiary alicyclic amines) is 1. The van der Waals surface area contributed by atoms with Crippen LogP contribution in [0, 0.1) is 5.92 Å². The van der Waals surface area contributed by atoms with Crippen molar-refractivity contribution in [3.05, 3.63) is 22.7 Å². The minimum Gasteiger partial charge on any atom is -0.496 e. The monoisotopic (exact) mass is 568 g/mol. The van der Waals surface area contributed by atoms with Crippen LogP contribution in [0.1, 0.15) is 70.2 Å². The molecule has 3 atom stereocenters. The molecule has 1 aromatic rings. The number of hydrogen-bond acceptors (Lipinski definition) is 8. The average Bonchev–Trinajstić information content (AvgIpc) is 2.91. The summed E-state index contributed by atoms with van der Waals surface area (Å²) in [6.07, 6.45) is 6.42. The van der Waals surface area contributed by atoms with Gasteiger partial charge >= 0.3 is 5.97 Å². The second-order valence-corrected chi connectivity index (χ2v) is 10.9. The van der Waals surface area contributed by atoms with Crippen molar-refractivity contribution in [2.75, 3.05) is 59.2 Å². The fourth-order valence-corrected chi connectivity index (χ4v) is 5.97. The number of methoxy groups -OCH3 is 2. The lowest BCUT2D eigenvalue weighted by molar-refractivity contribution is -0.158. The van der Waals surface area contributed by atoms with Crippen molar-refractivity contribution in [1.29, 1.82) is 0 Å². The van der Waals surface area contributed by atoms with Gasteiger partial charge in [-0.15, -0.1) is 0 Å². The third-order valence-electron chi connectivity index (χ3n) is 8.06. The van der Waals surface area contributed by atoms with E-state index in [4.69, 9.17) is 31.5 Å². The maximum absolute atomic E-state index is 13.0. The normalized spacial score (nSPS) is 26.2. The molecule has 4 aliphatic heterocycles. The standard InChI is InChI=1S/C27H41ClN4O5.2CH4/c1-35-23-15-21(29)20(28)14-19(23)27(34)30-22-9-13-31(17-25(22)36-2)10-5-3-4-6-26(33)37-24-16-32-11-7-18(24)8-12-32;;/h14-15,18,22,24-25H,3-13,16-17,29H2,1-2H3,(H,30,34);2*1H4/t22?,24?,25-;;/m0../s1. The number of nitrogens with one attached hydrogen (secondary N) is 1. The Morgan fingerprint density at radius 3 is 2.41 bits per heavy atom. The zero-order valence-electron chi connectivity index (χ0n) is 22.0. The third kappa shape index (κ3) is 8.71. The van der Waals surface area contributed by atoms with Crippen LogP contribution in [0.25, 0.3) is 0 Å². The average molecular weight is 569 g/mol. The van der Waals surface area contributed by atoms with E-state index in [2.05, 4.69) is 15.1 Å². The van der Waals surface area contributed by atoms with Crippen molar-refractivity contribution in [1.82, 2.24) is 15.1 Å². The van der Waals surface area contributed by atoms with E-state index in [1.165, 1.54) is 13.2 Å². The molecule has 222 valence electrons. The second kappa shape index (κ2) is 15.6. The van der Waals surface area contributed by atoms with Gasteiger partial charge in [0.05, 0.1) is 35.5 Å². The lowest BCUT2D eigenvalue weighted by atomic mass is 9.86. The number of nitrogen functional groups attached to an aromatic ring is 1. The molecule has 10 heteroatoms. The predicted octanol–water partition coefficient (Wildman–Crippen LogP) is 4.22. The number of ether oxygens (including phenoxy) is 3. The van der Waals surface area contributed by atoms with Gasteiger partial charge in [0.2, 0.25) is 0 Å². The lowest BCUT2D eigenvalue weighted by Crippen LogP contribution is -2.54. The van der Waals surface area contributed by atoms with Crippen LogP contribution in [0.2, 0.25) is 5.02 Å². The first-order valence-electron chi connectivity index (χ1n) is 13.5. The first-order chi connectivity index (χ1) is 17.9. The molecule has 2 bridgehead atoms. The second-order valence-electron chi connectivity index (χ2n) is 10.5. The number of rotatable bonds is 11. The minimum atomic E-state index is -0.260. The Bertz CT molecular complexity index is 940. The lowest BCUT2D eigenvalue weighted by Gasteiger charge is -2.43. The van der Waals surface area contributed by atoms with Crippen molar-refractivity contribution >= 4 is 29.2 Å². The summed E-state index contributed by atoms with van der Waals surface area (Å²) in [5.74, 6) is 0.637. The molecule has 4 heterocycles. The molecule has 4 saturated heterocycles. The smallest absolute Gasteiger partial charge is 0.306 e. The molecule has 4 fully saturated rings. The van der Waals surface area contributed by atoms with E-state index in [0.29, 0.717) is 34.4 Å². The third-order valence-corrected chi connectivity index (χ3v) is 8.39. The van der Waals surface area contributed by atoms with Crippen LogP contribution in [0.4, 0.5) is 5.69 Å².